The maximum Gasteiger partial charge on any atom is 0.223 e. The zero-order chi connectivity index (χ0) is 10.9. The monoisotopic (exact) mass is 231 g/mol. The highest BCUT2D eigenvalue weighted by Crippen LogP contribution is 2.51. The molecule has 1 saturated heterocycles. The van der Waals surface area contributed by atoms with Gasteiger partial charge in [-0.15, -0.1) is 11.6 Å². The van der Waals surface area contributed by atoms with Crippen molar-refractivity contribution in [3.8, 4) is 0 Å². The minimum absolute atomic E-state index is 0.146. The number of rotatable bonds is 3. The second-order valence-electron chi connectivity index (χ2n) is 4.81. The molecule has 4 heteroatoms. The summed E-state index contributed by atoms with van der Waals surface area (Å²) in [7, 11) is 0. The van der Waals surface area contributed by atoms with Crippen LogP contribution in [0.15, 0.2) is 0 Å². The van der Waals surface area contributed by atoms with Gasteiger partial charge >= 0.3 is 0 Å². The third-order valence-electron chi connectivity index (χ3n) is 4.04. The van der Waals surface area contributed by atoms with Crippen molar-refractivity contribution in [3.63, 3.8) is 0 Å². The molecule has 3 nitrogen and oxygen atoms in total. The largest absolute Gasteiger partial charge is 0.396 e. The van der Waals surface area contributed by atoms with Crippen LogP contribution in [0.3, 0.4) is 0 Å². The fourth-order valence-corrected chi connectivity index (χ4v) is 3.07. The van der Waals surface area contributed by atoms with E-state index in [1.165, 1.54) is 19.3 Å². The van der Waals surface area contributed by atoms with Gasteiger partial charge in [-0.25, -0.2) is 0 Å². The third-order valence-corrected chi connectivity index (χ3v) is 4.23. The first-order valence-electron chi connectivity index (χ1n) is 5.66. The Labute approximate surface area is 95.4 Å². The summed E-state index contributed by atoms with van der Waals surface area (Å²) in [4.78, 5) is 13.6. The molecule has 1 heterocycles. The van der Waals surface area contributed by atoms with Gasteiger partial charge in [0.1, 0.15) is 0 Å². The number of alkyl halides is 1. The summed E-state index contributed by atoms with van der Waals surface area (Å²) < 4.78 is 0. The van der Waals surface area contributed by atoms with Crippen molar-refractivity contribution in [2.24, 2.45) is 11.3 Å². The lowest BCUT2D eigenvalue weighted by Gasteiger charge is -2.42. The molecule has 1 aliphatic heterocycles. The van der Waals surface area contributed by atoms with Crippen LogP contribution >= 0.6 is 11.6 Å². The van der Waals surface area contributed by atoms with Crippen molar-refractivity contribution in [2.45, 2.75) is 25.7 Å². The van der Waals surface area contributed by atoms with Gasteiger partial charge < -0.3 is 10.0 Å². The molecule has 0 aromatic rings. The van der Waals surface area contributed by atoms with Crippen LogP contribution < -0.4 is 0 Å². The predicted octanol–water partition coefficient (Wildman–Crippen LogP) is 1.24. The van der Waals surface area contributed by atoms with E-state index in [4.69, 9.17) is 11.6 Å². The molecule has 1 unspecified atom stereocenters. The molecule has 15 heavy (non-hydrogen) atoms. The van der Waals surface area contributed by atoms with Crippen LogP contribution in [-0.2, 0) is 4.79 Å². The minimum atomic E-state index is 0.146. The van der Waals surface area contributed by atoms with Crippen molar-refractivity contribution in [2.75, 3.05) is 25.6 Å². The number of aliphatic hydroxyl groups excluding tert-OH is 1. The molecule has 2 rings (SSSR count). The van der Waals surface area contributed by atoms with E-state index in [-0.39, 0.29) is 17.9 Å². The summed E-state index contributed by atoms with van der Waals surface area (Å²) in [6.07, 6.45) is 4.01. The number of carbonyl (C=O) groups excluding carboxylic acids is 1. The number of aliphatic hydroxyl groups is 1. The summed E-state index contributed by atoms with van der Waals surface area (Å²) in [5.74, 6) is 0.837. The first-order valence-corrected chi connectivity index (χ1v) is 6.20. The maximum absolute atomic E-state index is 11.7. The molecule has 1 aliphatic carbocycles. The summed E-state index contributed by atoms with van der Waals surface area (Å²) in [6, 6.07) is 0. The van der Waals surface area contributed by atoms with Crippen LogP contribution in [0.1, 0.15) is 25.7 Å². The number of halogens is 1. The first kappa shape index (κ1) is 11.2. The second kappa shape index (κ2) is 4.30. The standard InChI is InChI=1S/C11H18ClNO2/c12-5-2-10(15)13-6-9(7-14)11(8-13)3-1-4-11/h9,14H,1-8H2. The maximum atomic E-state index is 11.7. The van der Waals surface area contributed by atoms with Crippen LogP contribution in [0.5, 0.6) is 0 Å². The van der Waals surface area contributed by atoms with E-state index >= 15 is 0 Å². The number of hydrogen-bond acceptors (Lipinski definition) is 2. The smallest absolute Gasteiger partial charge is 0.223 e. The predicted molar refractivity (Wildman–Crippen MR) is 58.8 cm³/mol. The average molecular weight is 232 g/mol. The molecule has 86 valence electrons. The van der Waals surface area contributed by atoms with E-state index < -0.39 is 0 Å². The zero-order valence-corrected chi connectivity index (χ0v) is 9.67. The molecular formula is C11H18ClNO2. The average Bonchev–Trinajstić information content (AvgIpc) is 2.56. The molecule has 1 atom stereocenters. The van der Waals surface area contributed by atoms with E-state index in [9.17, 15) is 9.90 Å². The van der Waals surface area contributed by atoms with Crippen LogP contribution in [0, 0.1) is 11.3 Å². The molecule has 2 fully saturated rings. The number of carbonyl (C=O) groups is 1. The highest BCUT2D eigenvalue weighted by molar-refractivity contribution is 6.18. The highest BCUT2D eigenvalue weighted by Gasteiger charge is 2.50. The van der Waals surface area contributed by atoms with E-state index in [0.29, 0.717) is 18.2 Å². The van der Waals surface area contributed by atoms with Gasteiger partial charge in [0.15, 0.2) is 0 Å². The summed E-state index contributed by atoms with van der Waals surface area (Å²) in [6.45, 7) is 1.78. The number of amides is 1. The number of likely N-dealkylation sites (tertiary alicyclic amines) is 1. The van der Waals surface area contributed by atoms with Gasteiger partial charge in [-0.1, -0.05) is 6.42 Å². The van der Waals surface area contributed by atoms with Gasteiger partial charge in [0.05, 0.1) is 0 Å². The lowest BCUT2D eigenvalue weighted by atomic mass is 9.63. The van der Waals surface area contributed by atoms with Gasteiger partial charge in [0.25, 0.3) is 0 Å². The van der Waals surface area contributed by atoms with Crippen molar-refractivity contribution in [1.29, 1.82) is 0 Å². The molecule has 1 spiro atoms. The van der Waals surface area contributed by atoms with Crippen molar-refractivity contribution in [3.05, 3.63) is 0 Å². The topological polar surface area (TPSA) is 40.5 Å². The van der Waals surface area contributed by atoms with E-state index in [0.717, 1.165) is 13.1 Å². The summed E-state index contributed by atoms with van der Waals surface area (Å²) in [5.41, 5.74) is 0.247. The molecule has 0 aromatic heterocycles. The van der Waals surface area contributed by atoms with Crippen LogP contribution in [0.4, 0.5) is 0 Å². The van der Waals surface area contributed by atoms with Gasteiger partial charge in [0, 0.05) is 37.9 Å². The van der Waals surface area contributed by atoms with Crippen molar-refractivity contribution >= 4 is 17.5 Å². The van der Waals surface area contributed by atoms with Gasteiger partial charge in [-0.2, -0.15) is 0 Å². The van der Waals surface area contributed by atoms with Crippen LogP contribution in [-0.4, -0.2) is 41.5 Å². The Kier molecular flexibility index (Phi) is 3.21. The van der Waals surface area contributed by atoms with Crippen molar-refractivity contribution < 1.29 is 9.90 Å². The SMILES string of the molecule is O=C(CCCl)N1CC(CO)C2(CCC2)C1. The lowest BCUT2D eigenvalue weighted by molar-refractivity contribution is -0.130. The molecular weight excluding hydrogens is 214 g/mol. The van der Waals surface area contributed by atoms with Gasteiger partial charge in [-0.05, 0) is 18.3 Å². The quantitative estimate of drug-likeness (QED) is 0.743. The van der Waals surface area contributed by atoms with Gasteiger partial charge in [-0.3, -0.25) is 4.79 Å². The van der Waals surface area contributed by atoms with Crippen LogP contribution in [0.25, 0.3) is 0 Å². The van der Waals surface area contributed by atoms with Crippen molar-refractivity contribution in [1.82, 2.24) is 4.90 Å². The minimum Gasteiger partial charge on any atom is -0.396 e. The fourth-order valence-electron chi connectivity index (χ4n) is 2.91. The molecule has 0 aromatic carbocycles. The molecule has 1 amide bonds. The Balaban J connectivity index is 1.98. The van der Waals surface area contributed by atoms with Gasteiger partial charge in [0.2, 0.25) is 5.91 Å². The number of nitrogens with zero attached hydrogens (tertiary/aromatic N) is 1. The normalized spacial score (nSPS) is 28.1. The lowest BCUT2D eigenvalue weighted by Crippen LogP contribution is -2.39. The Morgan fingerprint density at radius 2 is 2.27 bits per heavy atom. The van der Waals surface area contributed by atoms with Crippen LogP contribution in [0.2, 0.25) is 0 Å². The first-order chi connectivity index (χ1) is 7.22. The zero-order valence-electron chi connectivity index (χ0n) is 8.91. The second-order valence-corrected chi connectivity index (χ2v) is 5.19. The Bertz CT molecular complexity index is 253. The van der Waals surface area contributed by atoms with E-state index in [1.54, 1.807) is 0 Å². The molecule has 1 N–H and O–H groups in total. The van der Waals surface area contributed by atoms with E-state index in [1.807, 2.05) is 4.90 Å². The third kappa shape index (κ3) is 1.87. The highest BCUT2D eigenvalue weighted by atomic mass is 35.5. The Morgan fingerprint density at radius 3 is 2.67 bits per heavy atom. The Hall–Kier alpha value is -0.280. The number of hydrogen-bond donors (Lipinski definition) is 1. The molecule has 0 radical (unpaired) electrons. The fraction of sp³-hybridized carbons (Fsp3) is 0.909. The summed E-state index contributed by atoms with van der Waals surface area (Å²) >= 11 is 5.57. The van der Waals surface area contributed by atoms with E-state index in [2.05, 4.69) is 0 Å². The Morgan fingerprint density at radius 1 is 1.53 bits per heavy atom. The molecule has 1 saturated carbocycles. The summed E-state index contributed by atoms with van der Waals surface area (Å²) in [5, 5.41) is 9.33. The molecule has 0 bridgehead atoms. The molecule has 2 aliphatic rings.